The minimum atomic E-state index is -4.84. The van der Waals surface area contributed by atoms with Crippen molar-refractivity contribution in [3.8, 4) is 11.5 Å². The summed E-state index contributed by atoms with van der Waals surface area (Å²) in [5, 5.41) is 14.0. The molecule has 3 N–H and O–H groups in total. The molecule has 0 saturated carbocycles. The Kier molecular flexibility index (Phi) is 4.19. The largest absolute Gasteiger partial charge is 0.508 e. The Balaban J connectivity index is 1.89. The summed E-state index contributed by atoms with van der Waals surface area (Å²) in [5.74, 6) is 0.279. The molecule has 146 valence electrons. The average molecular weight is 392 g/mol. The van der Waals surface area contributed by atoms with Crippen molar-refractivity contribution in [2.24, 2.45) is 0 Å². The fraction of sp³-hybridized carbons (Fsp3) is 0.211. The Morgan fingerprint density at radius 3 is 2.79 bits per heavy atom. The molecule has 4 rings (SSSR count). The van der Waals surface area contributed by atoms with Crippen LogP contribution >= 0.6 is 0 Å². The first kappa shape index (κ1) is 18.2. The number of fused-ring (bicyclic) bond motifs is 2. The summed E-state index contributed by atoms with van der Waals surface area (Å²) < 4.78 is 53.2. The number of hydrogen-bond donors (Lipinski definition) is 3. The molecule has 2 amide bonds. The number of carbonyl (C=O) groups excluding carboxylic acids is 1. The predicted octanol–water partition coefficient (Wildman–Crippen LogP) is 3.86. The highest BCUT2D eigenvalue weighted by Gasteiger charge is 2.58. The molecule has 0 unspecified atom stereocenters. The molecule has 0 radical (unpaired) electrons. The van der Waals surface area contributed by atoms with E-state index in [1.165, 1.54) is 36.4 Å². The molecule has 2 heterocycles. The van der Waals surface area contributed by atoms with Crippen molar-refractivity contribution in [3.05, 3.63) is 59.2 Å². The molecule has 0 bridgehead atoms. The molecule has 0 saturated heterocycles. The zero-order valence-electron chi connectivity index (χ0n) is 14.3. The topological polar surface area (TPSA) is 79.8 Å². The third-order valence-electron chi connectivity index (χ3n) is 4.58. The SMILES string of the molecule is O=C1Nc2cc3c(cc2[C@@](/C=C/c2cccc(O)c2)(C(F)(F)F)N1)COCO3. The molecule has 0 aliphatic carbocycles. The number of amides is 2. The summed E-state index contributed by atoms with van der Waals surface area (Å²) >= 11 is 0. The summed E-state index contributed by atoms with van der Waals surface area (Å²) in [6.07, 6.45) is -2.76. The van der Waals surface area contributed by atoms with Gasteiger partial charge in [0.15, 0.2) is 12.3 Å². The number of alkyl halides is 3. The van der Waals surface area contributed by atoms with Crippen LogP contribution in [0.15, 0.2) is 42.5 Å². The van der Waals surface area contributed by atoms with Gasteiger partial charge in [-0.25, -0.2) is 4.79 Å². The number of aromatic hydroxyl groups is 1. The van der Waals surface area contributed by atoms with Gasteiger partial charge in [-0.3, -0.25) is 0 Å². The number of halogens is 3. The Morgan fingerprint density at radius 2 is 2.04 bits per heavy atom. The second kappa shape index (κ2) is 6.45. The van der Waals surface area contributed by atoms with Gasteiger partial charge < -0.3 is 25.2 Å². The van der Waals surface area contributed by atoms with E-state index in [-0.39, 0.29) is 30.4 Å². The number of hydrogen-bond acceptors (Lipinski definition) is 4. The number of benzene rings is 2. The molecular weight excluding hydrogens is 377 g/mol. The fourth-order valence-corrected chi connectivity index (χ4v) is 3.26. The van der Waals surface area contributed by atoms with E-state index < -0.39 is 17.7 Å². The lowest BCUT2D eigenvalue weighted by Crippen LogP contribution is -2.59. The van der Waals surface area contributed by atoms with Crippen molar-refractivity contribution >= 4 is 17.8 Å². The predicted molar refractivity (Wildman–Crippen MR) is 93.8 cm³/mol. The zero-order chi connectivity index (χ0) is 19.9. The van der Waals surface area contributed by atoms with Crippen LogP contribution in [0.5, 0.6) is 11.5 Å². The molecular formula is C19H15F3N2O4. The van der Waals surface area contributed by atoms with Crippen LogP contribution in [0.25, 0.3) is 6.08 Å². The maximum absolute atomic E-state index is 14.3. The summed E-state index contributed by atoms with van der Waals surface area (Å²) in [6, 6.07) is 7.47. The van der Waals surface area contributed by atoms with Gasteiger partial charge in [-0.15, -0.1) is 0 Å². The van der Waals surface area contributed by atoms with E-state index in [0.717, 1.165) is 6.08 Å². The van der Waals surface area contributed by atoms with E-state index in [1.54, 1.807) is 6.07 Å². The van der Waals surface area contributed by atoms with Crippen LogP contribution < -0.4 is 15.4 Å². The van der Waals surface area contributed by atoms with Gasteiger partial charge in [-0.05, 0) is 29.8 Å². The third-order valence-corrected chi connectivity index (χ3v) is 4.58. The minimum absolute atomic E-state index is 0.00211. The van der Waals surface area contributed by atoms with E-state index in [4.69, 9.17) is 9.47 Å². The Bertz CT molecular complexity index is 974. The average Bonchev–Trinajstić information content (AvgIpc) is 2.63. The van der Waals surface area contributed by atoms with Crippen molar-refractivity contribution in [2.45, 2.75) is 18.3 Å². The third kappa shape index (κ3) is 3.03. The second-order valence-electron chi connectivity index (χ2n) is 6.43. The molecule has 2 aromatic carbocycles. The van der Waals surface area contributed by atoms with Gasteiger partial charge in [0, 0.05) is 17.2 Å². The van der Waals surface area contributed by atoms with Gasteiger partial charge in [-0.1, -0.05) is 18.2 Å². The minimum Gasteiger partial charge on any atom is -0.508 e. The van der Waals surface area contributed by atoms with E-state index in [2.05, 4.69) is 5.32 Å². The van der Waals surface area contributed by atoms with E-state index in [0.29, 0.717) is 16.9 Å². The molecule has 0 aromatic heterocycles. The van der Waals surface area contributed by atoms with Crippen LogP contribution in [-0.2, 0) is 16.9 Å². The quantitative estimate of drug-likeness (QED) is 0.725. The number of urea groups is 1. The maximum atomic E-state index is 14.3. The van der Waals surface area contributed by atoms with Crippen molar-refractivity contribution in [1.29, 1.82) is 0 Å². The fourth-order valence-electron chi connectivity index (χ4n) is 3.26. The normalized spacial score (nSPS) is 21.3. The first-order valence-electron chi connectivity index (χ1n) is 8.31. The van der Waals surface area contributed by atoms with E-state index >= 15 is 0 Å². The molecule has 28 heavy (non-hydrogen) atoms. The molecule has 2 aromatic rings. The highest BCUT2D eigenvalue weighted by Crippen LogP contribution is 2.47. The van der Waals surface area contributed by atoms with Gasteiger partial charge in [0.1, 0.15) is 11.5 Å². The highest BCUT2D eigenvalue weighted by atomic mass is 19.4. The standard InChI is InChI=1S/C19H15F3N2O4/c20-19(21,22)18(5-4-11-2-1-3-13(25)6-11)14-7-12-9-27-10-28-16(12)8-15(14)23-17(26)24-18/h1-8,25H,9-10H2,(H2,23,24,26)/b5-4+/t18-/m0/s1. The molecule has 1 atom stereocenters. The number of nitrogens with one attached hydrogen (secondary N) is 2. The first-order valence-corrected chi connectivity index (χ1v) is 8.31. The smallest absolute Gasteiger partial charge is 0.419 e. The first-order chi connectivity index (χ1) is 13.3. The number of phenolic OH excluding ortho intramolecular Hbond substituents is 1. The van der Waals surface area contributed by atoms with Crippen LogP contribution in [0.1, 0.15) is 16.7 Å². The van der Waals surface area contributed by atoms with Gasteiger partial charge in [0.05, 0.1) is 12.3 Å². The van der Waals surface area contributed by atoms with Crippen LogP contribution in [-0.4, -0.2) is 24.1 Å². The van der Waals surface area contributed by atoms with E-state index in [1.807, 2.05) is 5.32 Å². The Hall–Kier alpha value is -3.20. The Morgan fingerprint density at radius 1 is 1.21 bits per heavy atom. The van der Waals surface area contributed by atoms with Crippen LogP contribution in [0, 0.1) is 0 Å². The van der Waals surface area contributed by atoms with Crippen LogP contribution in [0.4, 0.5) is 23.7 Å². The molecule has 2 aliphatic rings. The lowest BCUT2D eigenvalue weighted by Gasteiger charge is -2.39. The van der Waals surface area contributed by atoms with Crippen LogP contribution in [0.3, 0.4) is 0 Å². The van der Waals surface area contributed by atoms with Gasteiger partial charge in [0.2, 0.25) is 0 Å². The molecule has 0 spiro atoms. The number of rotatable bonds is 2. The second-order valence-corrected chi connectivity index (χ2v) is 6.43. The number of phenols is 1. The lowest BCUT2D eigenvalue weighted by molar-refractivity contribution is -0.181. The summed E-state index contributed by atoms with van der Waals surface area (Å²) in [7, 11) is 0. The van der Waals surface area contributed by atoms with Crippen molar-refractivity contribution in [1.82, 2.24) is 5.32 Å². The highest BCUT2D eigenvalue weighted by molar-refractivity contribution is 5.95. The number of carbonyl (C=O) groups is 1. The monoisotopic (exact) mass is 392 g/mol. The number of anilines is 1. The molecule has 2 aliphatic heterocycles. The molecule has 9 heteroatoms. The van der Waals surface area contributed by atoms with Crippen molar-refractivity contribution < 1.29 is 32.5 Å². The summed E-state index contributed by atoms with van der Waals surface area (Å²) in [4.78, 5) is 12.1. The van der Waals surface area contributed by atoms with Crippen LogP contribution in [0.2, 0.25) is 0 Å². The lowest BCUT2D eigenvalue weighted by atomic mass is 9.84. The van der Waals surface area contributed by atoms with Gasteiger partial charge >= 0.3 is 12.2 Å². The number of ether oxygens (including phenoxy) is 2. The maximum Gasteiger partial charge on any atom is 0.419 e. The van der Waals surface area contributed by atoms with Gasteiger partial charge in [0.25, 0.3) is 0 Å². The molecule has 6 nitrogen and oxygen atoms in total. The zero-order valence-corrected chi connectivity index (χ0v) is 14.3. The van der Waals surface area contributed by atoms with Crippen molar-refractivity contribution in [2.75, 3.05) is 12.1 Å². The van der Waals surface area contributed by atoms with E-state index in [9.17, 15) is 23.1 Å². The summed E-state index contributed by atoms with van der Waals surface area (Å²) in [5.41, 5.74) is -2.14. The summed E-state index contributed by atoms with van der Waals surface area (Å²) in [6.45, 7) is 0.0839. The van der Waals surface area contributed by atoms with Gasteiger partial charge in [-0.2, -0.15) is 13.2 Å². The molecule has 0 fully saturated rings. The van der Waals surface area contributed by atoms with Crippen molar-refractivity contribution in [3.63, 3.8) is 0 Å². The Labute approximate surface area is 157 Å².